The Balaban J connectivity index is 1.55. The molecule has 0 bridgehead atoms. The monoisotopic (exact) mass is 281 g/mol. The molecule has 2 aromatic carbocycles. The van der Waals surface area contributed by atoms with Gasteiger partial charge < -0.3 is 10.1 Å². The first-order chi connectivity index (χ1) is 10.1. The first-order valence-corrected chi connectivity index (χ1v) is 7.65. The normalized spacial score (nSPS) is 16.6. The van der Waals surface area contributed by atoms with Crippen molar-refractivity contribution in [3.8, 4) is 5.75 Å². The minimum Gasteiger partial charge on any atom is -0.488 e. The molecular formula is C19H23NO. The number of ether oxygens (including phenoxy) is 1. The van der Waals surface area contributed by atoms with Gasteiger partial charge in [-0.1, -0.05) is 30.3 Å². The van der Waals surface area contributed by atoms with Gasteiger partial charge in [-0.15, -0.1) is 0 Å². The molecule has 1 aliphatic heterocycles. The molecule has 1 atom stereocenters. The van der Waals surface area contributed by atoms with Crippen LogP contribution in [0, 0.1) is 20.8 Å². The van der Waals surface area contributed by atoms with Crippen molar-refractivity contribution >= 4 is 0 Å². The first-order valence-electron chi connectivity index (χ1n) is 7.65. The van der Waals surface area contributed by atoms with Crippen molar-refractivity contribution in [2.24, 2.45) is 0 Å². The highest BCUT2D eigenvalue weighted by molar-refractivity contribution is 5.38. The second kappa shape index (κ2) is 5.90. The minimum atomic E-state index is 0.259. The number of para-hydroxylation sites is 1. The van der Waals surface area contributed by atoms with E-state index in [1.165, 1.54) is 27.8 Å². The summed E-state index contributed by atoms with van der Waals surface area (Å²) in [6.45, 7) is 8.33. The fourth-order valence-electron chi connectivity index (χ4n) is 2.95. The average Bonchev–Trinajstić information content (AvgIpc) is 2.87. The molecule has 2 heteroatoms. The van der Waals surface area contributed by atoms with Crippen LogP contribution >= 0.6 is 0 Å². The maximum absolute atomic E-state index is 5.96. The van der Waals surface area contributed by atoms with E-state index >= 15 is 0 Å². The molecule has 1 aliphatic rings. The van der Waals surface area contributed by atoms with E-state index in [-0.39, 0.29) is 6.10 Å². The van der Waals surface area contributed by atoms with Crippen LogP contribution in [0.5, 0.6) is 5.75 Å². The lowest BCUT2D eigenvalue weighted by Gasteiger charge is -2.14. The van der Waals surface area contributed by atoms with Crippen molar-refractivity contribution in [1.82, 2.24) is 5.32 Å². The molecule has 0 saturated carbocycles. The summed E-state index contributed by atoms with van der Waals surface area (Å²) in [6, 6.07) is 12.9. The molecule has 110 valence electrons. The molecule has 1 heterocycles. The lowest BCUT2D eigenvalue weighted by atomic mass is 10.0. The van der Waals surface area contributed by atoms with Gasteiger partial charge in [-0.3, -0.25) is 0 Å². The van der Waals surface area contributed by atoms with E-state index in [1.54, 1.807) is 0 Å². The zero-order valence-corrected chi connectivity index (χ0v) is 13.1. The minimum absolute atomic E-state index is 0.259. The predicted octanol–water partition coefficient (Wildman–Crippen LogP) is 3.71. The van der Waals surface area contributed by atoms with Crippen LogP contribution in [0.1, 0.15) is 27.8 Å². The molecule has 0 saturated heterocycles. The highest BCUT2D eigenvalue weighted by atomic mass is 16.5. The third-order valence-electron chi connectivity index (χ3n) is 4.35. The Kier molecular flexibility index (Phi) is 3.98. The van der Waals surface area contributed by atoms with E-state index in [1.807, 2.05) is 6.07 Å². The van der Waals surface area contributed by atoms with Gasteiger partial charge >= 0.3 is 0 Å². The Hall–Kier alpha value is -1.80. The van der Waals surface area contributed by atoms with E-state index in [4.69, 9.17) is 4.74 Å². The number of rotatable bonds is 4. The van der Waals surface area contributed by atoms with Crippen molar-refractivity contribution in [1.29, 1.82) is 0 Å². The molecule has 2 nitrogen and oxygen atoms in total. The fourth-order valence-corrected chi connectivity index (χ4v) is 2.95. The van der Waals surface area contributed by atoms with Gasteiger partial charge in [0.2, 0.25) is 0 Å². The number of aryl methyl sites for hydroxylation is 3. The van der Waals surface area contributed by atoms with Crippen LogP contribution in [0.15, 0.2) is 36.4 Å². The van der Waals surface area contributed by atoms with E-state index in [0.717, 1.165) is 25.3 Å². The molecule has 0 spiro atoms. The SMILES string of the molecule is Cc1cc(C)c(CNCC2Cc3ccccc3O2)cc1C. The Labute approximate surface area is 127 Å². The zero-order chi connectivity index (χ0) is 14.8. The number of nitrogens with one attached hydrogen (secondary N) is 1. The van der Waals surface area contributed by atoms with Gasteiger partial charge in [-0.2, -0.15) is 0 Å². The van der Waals surface area contributed by atoms with Crippen molar-refractivity contribution in [3.05, 3.63) is 64.2 Å². The average molecular weight is 281 g/mol. The van der Waals surface area contributed by atoms with Gasteiger partial charge in [-0.25, -0.2) is 0 Å². The van der Waals surface area contributed by atoms with Gasteiger partial charge in [0.05, 0.1) is 0 Å². The molecule has 0 fully saturated rings. The molecule has 21 heavy (non-hydrogen) atoms. The Morgan fingerprint density at radius 1 is 1.05 bits per heavy atom. The summed E-state index contributed by atoms with van der Waals surface area (Å²) in [7, 11) is 0. The Morgan fingerprint density at radius 3 is 2.62 bits per heavy atom. The second-order valence-electron chi connectivity index (χ2n) is 6.05. The number of hydrogen-bond donors (Lipinski definition) is 1. The lowest BCUT2D eigenvalue weighted by Crippen LogP contribution is -2.29. The van der Waals surface area contributed by atoms with Crippen molar-refractivity contribution in [2.45, 2.75) is 39.8 Å². The summed E-state index contributed by atoms with van der Waals surface area (Å²) >= 11 is 0. The summed E-state index contributed by atoms with van der Waals surface area (Å²) in [6.07, 6.45) is 1.27. The Morgan fingerprint density at radius 2 is 1.81 bits per heavy atom. The lowest BCUT2D eigenvalue weighted by molar-refractivity contribution is 0.227. The van der Waals surface area contributed by atoms with E-state index < -0.39 is 0 Å². The van der Waals surface area contributed by atoms with Crippen LogP contribution in [0.25, 0.3) is 0 Å². The quantitative estimate of drug-likeness (QED) is 0.922. The van der Waals surface area contributed by atoms with Crippen molar-refractivity contribution in [3.63, 3.8) is 0 Å². The third kappa shape index (κ3) is 3.11. The van der Waals surface area contributed by atoms with Crippen molar-refractivity contribution in [2.75, 3.05) is 6.54 Å². The van der Waals surface area contributed by atoms with E-state index in [0.29, 0.717) is 0 Å². The standard InChI is InChI=1S/C19H23NO/c1-13-8-15(3)17(9-14(13)2)11-20-12-18-10-16-6-4-5-7-19(16)21-18/h4-9,18,20H,10-12H2,1-3H3. The highest BCUT2D eigenvalue weighted by Crippen LogP contribution is 2.27. The fraction of sp³-hybridized carbons (Fsp3) is 0.368. The predicted molar refractivity (Wildman–Crippen MR) is 86.9 cm³/mol. The zero-order valence-electron chi connectivity index (χ0n) is 13.1. The van der Waals surface area contributed by atoms with Gasteiger partial charge in [0.1, 0.15) is 11.9 Å². The van der Waals surface area contributed by atoms with E-state index in [2.05, 4.69) is 56.4 Å². The van der Waals surface area contributed by atoms with Crippen LogP contribution in [-0.4, -0.2) is 12.6 Å². The third-order valence-corrected chi connectivity index (χ3v) is 4.35. The van der Waals surface area contributed by atoms with Crippen LogP contribution in [0.3, 0.4) is 0 Å². The van der Waals surface area contributed by atoms with Gasteiger partial charge in [0.25, 0.3) is 0 Å². The maximum atomic E-state index is 5.96. The van der Waals surface area contributed by atoms with Crippen LogP contribution < -0.4 is 10.1 Å². The van der Waals surface area contributed by atoms with Gasteiger partial charge in [0.15, 0.2) is 0 Å². The smallest absolute Gasteiger partial charge is 0.123 e. The van der Waals surface area contributed by atoms with Crippen LogP contribution in [0.2, 0.25) is 0 Å². The van der Waals surface area contributed by atoms with Gasteiger partial charge in [0, 0.05) is 19.5 Å². The van der Waals surface area contributed by atoms with E-state index in [9.17, 15) is 0 Å². The first kappa shape index (κ1) is 14.2. The molecule has 2 aromatic rings. The molecule has 0 aromatic heterocycles. The molecule has 0 radical (unpaired) electrons. The summed E-state index contributed by atoms with van der Waals surface area (Å²) < 4.78 is 5.96. The van der Waals surface area contributed by atoms with Crippen molar-refractivity contribution < 1.29 is 4.74 Å². The molecule has 1 unspecified atom stereocenters. The number of hydrogen-bond acceptors (Lipinski definition) is 2. The summed E-state index contributed by atoms with van der Waals surface area (Å²) in [4.78, 5) is 0. The molecule has 0 amide bonds. The molecule has 1 N–H and O–H groups in total. The number of fused-ring (bicyclic) bond motifs is 1. The summed E-state index contributed by atoms with van der Waals surface area (Å²) in [5.74, 6) is 1.05. The molecular weight excluding hydrogens is 258 g/mol. The van der Waals surface area contributed by atoms with Crippen LogP contribution in [-0.2, 0) is 13.0 Å². The second-order valence-corrected chi connectivity index (χ2v) is 6.05. The summed E-state index contributed by atoms with van der Waals surface area (Å²) in [5.41, 5.74) is 6.80. The molecule has 3 rings (SSSR count). The Bertz CT molecular complexity index is 623. The van der Waals surface area contributed by atoms with Gasteiger partial charge in [-0.05, 0) is 54.7 Å². The summed E-state index contributed by atoms with van der Waals surface area (Å²) in [5, 5.41) is 3.54. The number of benzene rings is 2. The highest BCUT2D eigenvalue weighted by Gasteiger charge is 2.21. The topological polar surface area (TPSA) is 21.3 Å². The largest absolute Gasteiger partial charge is 0.488 e. The maximum Gasteiger partial charge on any atom is 0.123 e. The molecule has 0 aliphatic carbocycles. The van der Waals surface area contributed by atoms with Crippen LogP contribution in [0.4, 0.5) is 0 Å².